The van der Waals surface area contributed by atoms with E-state index in [0.29, 0.717) is 26.3 Å². The Morgan fingerprint density at radius 1 is 0.947 bits per heavy atom. The summed E-state index contributed by atoms with van der Waals surface area (Å²) in [7, 11) is 2.03. The van der Waals surface area contributed by atoms with Crippen LogP contribution >= 0.6 is 11.3 Å². The molecule has 0 unspecified atom stereocenters. The number of carbonyl (C=O) groups excluding carboxylic acids is 1. The summed E-state index contributed by atoms with van der Waals surface area (Å²) in [6.45, 7) is 3.90. The second-order valence-electron chi connectivity index (χ2n) is 9.39. The molecule has 1 aliphatic rings. The fourth-order valence-corrected chi connectivity index (χ4v) is 6.17. The van der Waals surface area contributed by atoms with Gasteiger partial charge in [-0.2, -0.15) is 0 Å². The van der Waals surface area contributed by atoms with Gasteiger partial charge >= 0.3 is 0 Å². The number of para-hydroxylation sites is 2. The van der Waals surface area contributed by atoms with E-state index >= 15 is 0 Å². The summed E-state index contributed by atoms with van der Waals surface area (Å²) in [5, 5.41) is 4.08. The molecule has 0 aliphatic carbocycles. The van der Waals surface area contributed by atoms with Crippen LogP contribution in [0.1, 0.15) is 29.8 Å². The maximum Gasteiger partial charge on any atom is 0.271 e. The highest BCUT2D eigenvalue weighted by Gasteiger charge is 2.32. The largest absolute Gasteiger partial charge is 0.347 e. The summed E-state index contributed by atoms with van der Waals surface area (Å²) in [6.07, 6.45) is 1.96. The van der Waals surface area contributed by atoms with Crippen LogP contribution in [0.2, 0.25) is 0 Å². The number of aryl methyl sites for hydroxylation is 1. The summed E-state index contributed by atoms with van der Waals surface area (Å²) in [4.78, 5) is 33.0. The average Bonchev–Trinajstić information content (AvgIpc) is 3.37. The lowest BCUT2D eigenvalue weighted by Crippen LogP contribution is -2.40. The maximum atomic E-state index is 14.0. The quantitative estimate of drug-likeness (QED) is 0.376. The molecule has 5 aromatic rings. The summed E-state index contributed by atoms with van der Waals surface area (Å²) < 4.78 is 4.39. The molecular formula is C31H26N4O2S. The molecule has 0 fully saturated rings. The number of fused-ring (bicyclic) bond motifs is 2. The first-order chi connectivity index (χ1) is 18.4. The lowest BCUT2D eigenvalue weighted by molar-refractivity contribution is -0.113. The molecule has 188 valence electrons. The van der Waals surface area contributed by atoms with Crippen molar-refractivity contribution in [3.8, 4) is 0 Å². The highest BCUT2D eigenvalue weighted by atomic mass is 32.1. The van der Waals surface area contributed by atoms with E-state index in [9.17, 15) is 9.59 Å². The molecule has 3 aromatic carbocycles. The molecule has 3 heterocycles. The van der Waals surface area contributed by atoms with E-state index in [0.717, 1.165) is 27.7 Å². The van der Waals surface area contributed by atoms with Gasteiger partial charge in [-0.1, -0.05) is 78.1 Å². The fourth-order valence-electron chi connectivity index (χ4n) is 5.15. The monoisotopic (exact) mass is 518 g/mol. The van der Waals surface area contributed by atoms with E-state index in [4.69, 9.17) is 4.99 Å². The topological polar surface area (TPSA) is 68.4 Å². The third-order valence-electron chi connectivity index (χ3n) is 7.14. The van der Waals surface area contributed by atoms with Gasteiger partial charge in [0.05, 0.1) is 21.8 Å². The number of benzene rings is 3. The SMILES string of the molecule is CC1=C(C(=O)Nc2ccccc2)[C@H](c2ccccc2)n2c(s/c(=C\c3c(C)n(C)c4ccccc34)c2=O)=N1. The van der Waals surface area contributed by atoms with E-state index in [1.807, 2.05) is 92.8 Å². The normalized spacial score (nSPS) is 15.4. The molecule has 2 aromatic heterocycles. The first kappa shape index (κ1) is 23.9. The summed E-state index contributed by atoms with van der Waals surface area (Å²) in [5.41, 5.74) is 5.65. The predicted molar refractivity (Wildman–Crippen MR) is 153 cm³/mol. The van der Waals surface area contributed by atoms with Crippen LogP contribution in [0.15, 0.2) is 106 Å². The van der Waals surface area contributed by atoms with Crippen molar-refractivity contribution in [3.05, 3.63) is 133 Å². The molecule has 7 heteroatoms. The minimum Gasteiger partial charge on any atom is -0.347 e. The number of thiazole rings is 1. The van der Waals surface area contributed by atoms with Crippen molar-refractivity contribution in [2.45, 2.75) is 19.9 Å². The van der Waals surface area contributed by atoms with Gasteiger partial charge in [0.2, 0.25) is 0 Å². The maximum absolute atomic E-state index is 14.0. The van der Waals surface area contributed by atoms with Gasteiger partial charge < -0.3 is 9.88 Å². The third kappa shape index (κ3) is 3.92. The molecule has 0 bridgehead atoms. The van der Waals surface area contributed by atoms with Gasteiger partial charge in [-0.25, -0.2) is 4.99 Å². The Kier molecular flexibility index (Phi) is 5.93. The predicted octanol–water partition coefficient (Wildman–Crippen LogP) is 4.67. The Labute approximate surface area is 223 Å². The number of aromatic nitrogens is 2. The summed E-state index contributed by atoms with van der Waals surface area (Å²) in [5.74, 6) is -0.273. The minimum atomic E-state index is -0.591. The number of amides is 1. The van der Waals surface area contributed by atoms with Gasteiger partial charge in [-0.05, 0) is 43.7 Å². The minimum absolute atomic E-state index is 0.160. The number of nitrogens with zero attached hydrogens (tertiary/aromatic N) is 3. The van der Waals surface area contributed by atoms with Gasteiger partial charge in [0.1, 0.15) is 0 Å². The van der Waals surface area contributed by atoms with Crippen molar-refractivity contribution in [2.75, 3.05) is 5.32 Å². The van der Waals surface area contributed by atoms with Crippen LogP contribution in [-0.4, -0.2) is 15.0 Å². The van der Waals surface area contributed by atoms with Crippen molar-refractivity contribution in [2.24, 2.45) is 12.0 Å². The average molecular weight is 519 g/mol. The molecule has 6 rings (SSSR count). The summed E-state index contributed by atoms with van der Waals surface area (Å²) in [6, 6.07) is 26.6. The second kappa shape index (κ2) is 9.43. The first-order valence-electron chi connectivity index (χ1n) is 12.4. The number of carbonyl (C=O) groups is 1. The zero-order valence-corrected chi connectivity index (χ0v) is 22.1. The van der Waals surface area contributed by atoms with Gasteiger partial charge in [0, 0.05) is 34.9 Å². The molecule has 0 spiro atoms. The molecule has 0 radical (unpaired) electrons. The molecule has 1 atom stereocenters. The number of hydrogen-bond donors (Lipinski definition) is 1. The molecular weight excluding hydrogens is 492 g/mol. The zero-order valence-electron chi connectivity index (χ0n) is 21.3. The van der Waals surface area contributed by atoms with Crippen LogP contribution in [0.4, 0.5) is 5.69 Å². The van der Waals surface area contributed by atoms with Crippen LogP contribution in [0.3, 0.4) is 0 Å². The van der Waals surface area contributed by atoms with Crippen LogP contribution in [0.25, 0.3) is 17.0 Å². The van der Waals surface area contributed by atoms with Crippen molar-refractivity contribution < 1.29 is 4.79 Å². The lowest BCUT2D eigenvalue weighted by Gasteiger charge is -2.25. The van der Waals surface area contributed by atoms with E-state index in [1.54, 1.807) is 4.57 Å². The summed E-state index contributed by atoms with van der Waals surface area (Å²) >= 11 is 1.36. The van der Waals surface area contributed by atoms with Crippen molar-refractivity contribution >= 4 is 39.9 Å². The third-order valence-corrected chi connectivity index (χ3v) is 8.12. The van der Waals surface area contributed by atoms with Gasteiger partial charge in [-0.15, -0.1) is 0 Å². The number of nitrogens with one attached hydrogen (secondary N) is 1. The molecule has 1 N–H and O–H groups in total. The Morgan fingerprint density at radius 2 is 1.61 bits per heavy atom. The van der Waals surface area contributed by atoms with Crippen molar-refractivity contribution in [3.63, 3.8) is 0 Å². The van der Waals surface area contributed by atoms with Crippen LogP contribution in [-0.2, 0) is 11.8 Å². The molecule has 1 aliphatic heterocycles. The first-order valence-corrected chi connectivity index (χ1v) is 13.2. The Morgan fingerprint density at radius 3 is 2.34 bits per heavy atom. The van der Waals surface area contributed by atoms with E-state index in [-0.39, 0.29) is 11.5 Å². The van der Waals surface area contributed by atoms with Gasteiger partial charge in [0.25, 0.3) is 11.5 Å². The van der Waals surface area contributed by atoms with Crippen molar-refractivity contribution in [1.82, 2.24) is 9.13 Å². The fraction of sp³-hybridized carbons (Fsp3) is 0.129. The van der Waals surface area contributed by atoms with Crippen LogP contribution in [0.5, 0.6) is 0 Å². The molecule has 1 amide bonds. The number of hydrogen-bond acceptors (Lipinski definition) is 4. The standard InChI is InChI=1S/C31H26N4O2S/c1-19-27(29(36)33-22-14-8-5-9-15-22)28(21-12-6-4-7-13-21)35-30(37)26(38-31(35)32-19)18-24-20(2)34(3)25-17-11-10-16-23(24)25/h4-18,28H,1-3H3,(H,33,36)/b26-18-/t28-/m0/s1. The Bertz CT molecular complexity index is 1910. The Balaban J connectivity index is 1.54. The Hall–Kier alpha value is -4.49. The molecule has 0 saturated carbocycles. The lowest BCUT2D eigenvalue weighted by atomic mass is 9.95. The number of rotatable bonds is 4. The van der Waals surface area contributed by atoms with Crippen molar-refractivity contribution in [1.29, 1.82) is 0 Å². The van der Waals surface area contributed by atoms with Crippen LogP contribution in [0, 0.1) is 6.92 Å². The number of allylic oxidation sites excluding steroid dienone is 1. The van der Waals surface area contributed by atoms with Gasteiger partial charge in [-0.3, -0.25) is 14.2 Å². The van der Waals surface area contributed by atoms with E-state index in [1.165, 1.54) is 11.3 Å². The number of anilines is 1. The highest BCUT2D eigenvalue weighted by molar-refractivity contribution is 7.07. The highest BCUT2D eigenvalue weighted by Crippen LogP contribution is 2.31. The molecule has 0 saturated heterocycles. The molecule has 38 heavy (non-hydrogen) atoms. The molecule has 6 nitrogen and oxygen atoms in total. The smallest absolute Gasteiger partial charge is 0.271 e. The second-order valence-corrected chi connectivity index (χ2v) is 10.4. The van der Waals surface area contributed by atoms with Gasteiger partial charge in [0.15, 0.2) is 4.80 Å². The van der Waals surface area contributed by atoms with E-state index < -0.39 is 6.04 Å². The van der Waals surface area contributed by atoms with E-state index in [2.05, 4.69) is 28.9 Å². The van der Waals surface area contributed by atoms with Crippen LogP contribution < -0.4 is 20.2 Å². The zero-order chi connectivity index (χ0) is 26.4.